The van der Waals surface area contributed by atoms with Crippen LogP contribution in [0.15, 0.2) is 42.0 Å². The molecule has 1 aromatic rings. The molecule has 0 radical (unpaired) electrons. The van der Waals surface area contributed by atoms with E-state index in [1.54, 1.807) is 13.8 Å². The molecule has 0 N–H and O–H groups in total. The second-order valence-electron chi connectivity index (χ2n) is 5.54. The number of benzene rings is 1. The molecule has 1 aromatic carbocycles. The van der Waals surface area contributed by atoms with Crippen LogP contribution in [0.1, 0.15) is 26.3 Å². The Morgan fingerprint density at radius 1 is 1.17 bits per heavy atom. The highest BCUT2D eigenvalue weighted by Crippen LogP contribution is 2.24. The van der Waals surface area contributed by atoms with Gasteiger partial charge in [0.15, 0.2) is 0 Å². The summed E-state index contributed by atoms with van der Waals surface area (Å²) in [4.78, 5) is 45.1. The fourth-order valence-corrected chi connectivity index (χ4v) is 1.97. The first-order valence-corrected chi connectivity index (χ1v) is 6.96. The van der Waals surface area contributed by atoms with Crippen LogP contribution < -0.4 is 0 Å². The Morgan fingerprint density at radius 2 is 1.83 bits per heavy atom. The molecule has 0 bridgehead atoms. The maximum atomic E-state index is 11.6. The van der Waals surface area contributed by atoms with E-state index in [0.717, 1.165) is 16.5 Å². The number of carbonyl (C=O) groups is 3. The van der Waals surface area contributed by atoms with Crippen molar-refractivity contribution >= 4 is 17.8 Å². The van der Waals surface area contributed by atoms with Crippen molar-refractivity contribution < 1.29 is 29.2 Å². The maximum Gasteiger partial charge on any atom is 0.365 e. The summed E-state index contributed by atoms with van der Waals surface area (Å²) in [5.41, 5.74) is 0.241. The maximum absolute atomic E-state index is 11.6. The van der Waals surface area contributed by atoms with Gasteiger partial charge in [0.25, 0.3) is 11.8 Å². The van der Waals surface area contributed by atoms with Crippen LogP contribution in [0.5, 0.6) is 0 Å². The second-order valence-corrected chi connectivity index (χ2v) is 5.54. The number of carbonyl (C=O) groups excluding carboxylic acids is 3. The zero-order chi connectivity index (χ0) is 17.0. The molecule has 0 fully saturated rings. The van der Waals surface area contributed by atoms with Crippen molar-refractivity contribution in [3.8, 4) is 0 Å². The van der Waals surface area contributed by atoms with E-state index in [-0.39, 0.29) is 5.57 Å². The van der Waals surface area contributed by atoms with E-state index in [2.05, 4.69) is 9.93 Å². The first-order valence-electron chi connectivity index (χ1n) is 6.96. The highest BCUT2D eigenvalue weighted by Gasteiger charge is 2.31. The first kappa shape index (κ1) is 16.9. The number of amides is 2. The number of hydrogen-bond acceptors (Lipinski definition) is 6. The molecule has 0 saturated heterocycles. The lowest BCUT2D eigenvalue weighted by atomic mass is 9.99. The summed E-state index contributed by atoms with van der Waals surface area (Å²) in [6.45, 7) is 4.42. The van der Waals surface area contributed by atoms with Crippen molar-refractivity contribution in [1.82, 2.24) is 4.90 Å². The topological polar surface area (TPSA) is 82.1 Å². The van der Waals surface area contributed by atoms with Crippen molar-refractivity contribution in [2.75, 3.05) is 6.54 Å². The molecule has 1 aliphatic rings. The molecule has 7 heteroatoms. The third kappa shape index (κ3) is 4.02. The van der Waals surface area contributed by atoms with Crippen molar-refractivity contribution in [3.05, 3.63) is 47.5 Å². The fourth-order valence-electron chi connectivity index (χ4n) is 1.97. The van der Waals surface area contributed by atoms with E-state index in [4.69, 9.17) is 4.89 Å². The molecule has 2 amide bonds. The molecule has 23 heavy (non-hydrogen) atoms. The fraction of sp³-hybridized carbons (Fsp3) is 0.312. The molecule has 0 aliphatic carbocycles. The predicted octanol–water partition coefficient (Wildman–Crippen LogP) is 1.64. The van der Waals surface area contributed by atoms with Gasteiger partial charge >= 0.3 is 5.97 Å². The molecular weight excluding hydrogens is 302 g/mol. The van der Waals surface area contributed by atoms with Crippen LogP contribution in [-0.4, -0.2) is 29.2 Å². The lowest BCUT2D eigenvalue weighted by Crippen LogP contribution is -2.36. The van der Waals surface area contributed by atoms with Crippen LogP contribution in [0, 0.1) is 0 Å². The van der Waals surface area contributed by atoms with Crippen molar-refractivity contribution in [1.29, 1.82) is 0 Å². The molecule has 0 atom stereocenters. The third-order valence-corrected chi connectivity index (χ3v) is 3.31. The van der Waals surface area contributed by atoms with Crippen LogP contribution in [-0.2, 0) is 34.8 Å². The molecule has 0 unspecified atom stereocenters. The predicted molar refractivity (Wildman–Crippen MR) is 78.2 cm³/mol. The van der Waals surface area contributed by atoms with Gasteiger partial charge in [0.2, 0.25) is 0 Å². The average Bonchev–Trinajstić information content (AvgIpc) is 2.74. The number of hydrogen-bond donors (Lipinski definition) is 0. The lowest BCUT2D eigenvalue weighted by molar-refractivity contribution is -0.520. The van der Waals surface area contributed by atoms with E-state index in [0.29, 0.717) is 0 Å². The Kier molecular flexibility index (Phi) is 4.92. The number of nitrogens with zero attached hydrogens (tertiary/aromatic N) is 1. The summed E-state index contributed by atoms with van der Waals surface area (Å²) in [6, 6.07) is 9.21. The summed E-state index contributed by atoms with van der Waals surface area (Å²) in [7, 11) is 0. The van der Waals surface area contributed by atoms with Crippen LogP contribution >= 0.6 is 0 Å². The van der Waals surface area contributed by atoms with E-state index in [1.807, 2.05) is 30.3 Å². The van der Waals surface area contributed by atoms with E-state index < -0.39 is 29.9 Å². The van der Waals surface area contributed by atoms with Gasteiger partial charge < -0.3 is 0 Å². The van der Waals surface area contributed by atoms with Gasteiger partial charge in [0, 0.05) is 11.6 Å². The molecular formula is C16H17NO6. The number of rotatable bonds is 6. The first-order chi connectivity index (χ1) is 10.8. The quantitative estimate of drug-likeness (QED) is 0.450. The van der Waals surface area contributed by atoms with Gasteiger partial charge in [-0.15, -0.1) is 0 Å². The Labute approximate surface area is 133 Å². The minimum absolute atomic E-state index is 0.269. The van der Waals surface area contributed by atoms with Crippen LogP contribution in [0.25, 0.3) is 0 Å². The van der Waals surface area contributed by atoms with E-state index in [9.17, 15) is 14.4 Å². The van der Waals surface area contributed by atoms with Crippen molar-refractivity contribution in [2.45, 2.75) is 26.4 Å². The summed E-state index contributed by atoms with van der Waals surface area (Å²) in [6.07, 6.45) is 1.16. The van der Waals surface area contributed by atoms with E-state index in [1.165, 1.54) is 6.92 Å². The Morgan fingerprint density at radius 3 is 2.39 bits per heavy atom. The Hall–Kier alpha value is -2.51. The lowest BCUT2D eigenvalue weighted by Gasteiger charge is -2.22. The molecule has 0 saturated carbocycles. The Bertz CT molecular complexity index is 650. The van der Waals surface area contributed by atoms with Gasteiger partial charge in [0.1, 0.15) is 12.1 Å². The summed E-state index contributed by atoms with van der Waals surface area (Å²) < 4.78 is 0. The molecule has 2 rings (SSSR count). The highest BCUT2D eigenvalue weighted by atomic mass is 17.5. The van der Waals surface area contributed by atoms with Crippen LogP contribution in [0.2, 0.25) is 0 Å². The minimum atomic E-state index is -0.918. The standard InChI is InChI=1S/C16H17NO6/c1-11-9-13(18)17(15(11)20)10-14(19)21-23-22-16(2,3)12-7-5-4-6-8-12/h4-9H,10H2,1-3H3. The zero-order valence-electron chi connectivity index (χ0n) is 13.1. The molecule has 0 spiro atoms. The van der Waals surface area contributed by atoms with Crippen molar-refractivity contribution in [3.63, 3.8) is 0 Å². The highest BCUT2D eigenvalue weighted by molar-refractivity contribution is 6.16. The molecule has 1 aliphatic heterocycles. The SMILES string of the molecule is CC1=CC(=O)N(CC(=O)OOOC(C)(C)c2ccccc2)C1=O. The summed E-state index contributed by atoms with van der Waals surface area (Å²) in [5, 5.41) is 4.51. The minimum Gasteiger partial charge on any atom is -0.269 e. The summed E-state index contributed by atoms with van der Waals surface area (Å²) in [5.74, 6) is -2.01. The normalized spacial score (nSPS) is 14.9. The smallest absolute Gasteiger partial charge is 0.269 e. The van der Waals surface area contributed by atoms with Crippen LogP contribution in [0.4, 0.5) is 0 Å². The van der Waals surface area contributed by atoms with Crippen LogP contribution in [0.3, 0.4) is 0 Å². The van der Waals surface area contributed by atoms with Gasteiger partial charge in [-0.25, -0.2) is 4.79 Å². The number of imide groups is 1. The van der Waals surface area contributed by atoms with Gasteiger partial charge in [-0.1, -0.05) is 30.3 Å². The largest absolute Gasteiger partial charge is 0.365 e. The van der Waals surface area contributed by atoms with Gasteiger partial charge in [-0.05, 0) is 31.4 Å². The van der Waals surface area contributed by atoms with Crippen molar-refractivity contribution in [2.24, 2.45) is 0 Å². The van der Waals surface area contributed by atoms with Gasteiger partial charge in [0.05, 0.1) is 0 Å². The molecule has 122 valence electrons. The second kappa shape index (κ2) is 6.72. The summed E-state index contributed by atoms with van der Waals surface area (Å²) >= 11 is 0. The molecule has 0 aromatic heterocycles. The average molecular weight is 319 g/mol. The Balaban J connectivity index is 1.82. The molecule has 7 nitrogen and oxygen atoms in total. The molecule has 1 heterocycles. The van der Waals surface area contributed by atoms with Gasteiger partial charge in [-0.3, -0.25) is 19.4 Å². The van der Waals surface area contributed by atoms with Gasteiger partial charge in [-0.2, -0.15) is 4.89 Å². The zero-order valence-corrected chi connectivity index (χ0v) is 13.1. The van der Waals surface area contributed by atoms with E-state index >= 15 is 0 Å². The third-order valence-electron chi connectivity index (χ3n) is 3.31. The monoisotopic (exact) mass is 319 g/mol.